The molecule has 0 bridgehead atoms. The molecule has 0 unspecified atom stereocenters. The molecule has 0 N–H and O–H groups in total. The van der Waals surface area contributed by atoms with Gasteiger partial charge in [0.1, 0.15) is 0 Å². The van der Waals surface area contributed by atoms with Crippen LogP contribution >= 0.6 is 0 Å². The average molecular weight is 328 g/mol. The van der Waals surface area contributed by atoms with Crippen molar-refractivity contribution in [1.82, 2.24) is 14.7 Å². The standard InChI is InChI=1S/C8H16.C6H14N2.C4H9N.C2H6/c2*1-7-3-5-8(2)6-4-7;1-5-3-2-4-5;1-2/h7-8H,3-6H2,1-2H3;3-6H2,1-2H3;2-4H2,1H3;1-2H3. The summed E-state index contributed by atoms with van der Waals surface area (Å²) in [6.45, 7) is 16.3. The van der Waals surface area contributed by atoms with Gasteiger partial charge in [0, 0.05) is 26.2 Å². The van der Waals surface area contributed by atoms with Crippen LogP contribution in [0.15, 0.2) is 0 Å². The maximum Gasteiger partial charge on any atom is 0.0107 e. The topological polar surface area (TPSA) is 9.72 Å². The zero-order valence-corrected chi connectivity index (χ0v) is 17.3. The van der Waals surface area contributed by atoms with Crippen LogP contribution in [0.25, 0.3) is 0 Å². The maximum atomic E-state index is 2.37. The molecule has 1 aliphatic carbocycles. The Balaban J connectivity index is 0.000000306. The Morgan fingerprint density at radius 1 is 0.522 bits per heavy atom. The van der Waals surface area contributed by atoms with E-state index in [1.807, 2.05) is 13.8 Å². The summed E-state index contributed by atoms with van der Waals surface area (Å²) in [5, 5.41) is 0. The van der Waals surface area contributed by atoms with E-state index in [1.54, 1.807) is 0 Å². The summed E-state index contributed by atoms with van der Waals surface area (Å²) in [6.07, 6.45) is 7.31. The number of piperazine rings is 1. The summed E-state index contributed by atoms with van der Waals surface area (Å²) in [7, 11) is 6.49. The molecule has 140 valence electrons. The molecule has 3 rings (SSSR count). The summed E-state index contributed by atoms with van der Waals surface area (Å²) in [4.78, 5) is 7.03. The number of nitrogens with zero attached hydrogens (tertiary/aromatic N) is 3. The van der Waals surface area contributed by atoms with E-state index >= 15 is 0 Å². The van der Waals surface area contributed by atoms with Crippen molar-refractivity contribution in [3.63, 3.8) is 0 Å². The molecule has 0 atom stereocenters. The first kappa shape index (κ1) is 22.9. The van der Waals surface area contributed by atoms with Crippen LogP contribution in [0.1, 0.15) is 59.8 Å². The van der Waals surface area contributed by atoms with E-state index < -0.39 is 0 Å². The van der Waals surface area contributed by atoms with E-state index in [4.69, 9.17) is 0 Å². The third kappa shape index (κ3) is 12.9. The first-order valence-electron chi connectivity index (χ1n) is 10.0. The van der Waals surface area contributed by atoms with Gasteiger partial charge in [-0.05, 0) is 52.5 Å². The van der Waals surface area contributed by atoms with Crippen LogP contribution in [0.3, 0.4) is 0 Å². The van der Waals surface area contributed by atoms with Gasteiger partial charge in [-0.25, -0.2) is 0 Å². The van der Waals surface area contributed by atoms with Gasteiger partial charge in [0.05, 0.1) is 0 Å². The van der Waals surface area contributed by atoms with Crippen molar-refractivity contribution in [2.24, 2.45) is 11.8 Å². The van der Waals surface area contributed by atoms with Crippen molar-refractivity contribution in [2.75, 3.05) is 60.4 Å². The molecule has 23 heavy (non-hydrogen) atoms. The number of rotatable bonds is 0. The maximum absolute atomic E-state index is 2.37. The average Bonchev–Trinajstić information content (AvgIpc) is 2.54. The van der Waals surface area contributed by atoms with Crippen LogP contribution in [0.2, 0.25) is 0 Å². The predicted octanol–water partition coefficient (Wildman–Crippen LogP) is 4.04. The zero-order chi connectivity index (χ0) is 17.7. The molecule has 2 heterocycles. The molecule has 0 amide bonds. The fourth-order valence-electron chi connectivity index (χ4n) is 2.81. The highest BCUT2D eigenvalue weighted by Crippen LogP contribution is 2.27. The Bertz CT molecular complexity index is 197. The third-order valence-electron chi connectivity index (χ3n) is 5.11. The molecule has 0 radical (unpaired) electrons. The monoisotopic (exact) mass is 327 g/mol. The van der Waals surface area contributed by atoms with Gasteiger partial charge in [0.15, 0.2) is 0 Å². The van der Waals surface area contributed by atoms with Gasteiger partial charge in [0.25, 0.3) is 0 Å². The highest BCUT2D eigenvalue weighted by atomic mass is 15.2. The number of hydrogen-bond donors (Lipinski definition) is 0. The third-order valence-corrected chi connectivity index (χ3v) is 5.11. The lowest BCUT2D eigenvalue weighted by molar-refractivity contribution is 0.181. The van der Waals surface area contributed by atoms with E-state index in [2.05, 4.69) is 49.7 Å². The lowest BCUT2D eigenvalue weighted by Gasteiger charge is -2.28. The van der Waals surface area contributed by atoms with Crippen molar-refractivity contribution >= 4 is 0 Å². The molecule has 2 saturated heterocycles. The van der Waals surface area contributed by atoms with Crippen LogP contribution in [0.4, 0.5) is 0 Å². The molecule has 1 saturated carbocycles. The second kappa shape index (κ2) is 14.2. The van der Waals surface area contributed by atoms with Crippen molar-refractivity contribution in [3.8, 4) is 0 Å². The van der Waals surface area contributed by atoms with Crippen molar-refractivity contribution < 1.29 is 0 Å². The molecule has 3 nitrogen and oxygen atoms in total. The quantitative estimate of drug-likeness (QED) is 0.665. The van der Waals surface area contributed by atoms with Crippen LogP contribution in [0, 0.1) is 11.8 Å². The van der Waals surface area contributed by atoms with Crippen molar-refractivity contribution in [2.45, 2.75) is 59.8 Å². The van der Waals surface area contributed by atoms with Gasteiger partial charge >= 0.3 is 0 Å². The number of likely N-dealkylation sites (N-methyl/N-ethyl adjacent to an activating group) is 2. The summed E-state index contributed by atoms with van der Waals surface area (Å²) >= 11 is 0. The van der Waals surface area contributed by atoms with Gasteiger partial charge in [-0.1, -0.05) is 53.4 Å². The molecule has 3 aliphatic rings. The van der Waals surface area contributed by atoms with Gasteiger partial charge in [-0.2, -0.15) is 0 Å². The molecular formula is C20H45N3. The van der Waals surface area contributed by atoms with Gasteiger partial charge in [-0.15, -0.1) is 0 Å². The summed E-state index contributed by atoms with van der Waals surface area (Å²) < 4.78 is 0. The minimum Gasteiger partial charge on any atom is -0.306 e. The van der Waals surface area contributed by atoms with Crippen LogP contribution in [-0.2, 0) is 0 Å². The van der Waals surface area contributed by atoms with Gasteiger partial charge in [-0.3, -0.25) is 0 Å². The first-order valence-corrected chi connectivity index (χ1v) is 10.0. The smallest absolute Gasteiger partial charge is 0.0107 e. The highest BCUT2D eigenvalue weighted by molar-refractivity contribution is 4.66. The van der Waals surface area contributed by atoms with Crippen LogP contribution in [0.5, 0.6) is 0 Å². The predicted molar refractivity (Wildman–Crippen MR) is 105 cm³/mol. The normalized spacial score (nSPS) is 28.8. The molecular weight excluding hydrogens is 282 g/mol. The van der Waals surface area contributed by atoms with E-state index in [0.717, 1.165) is 11.8 Å². The van der Waals surface area contributed by atoms with Crippen molar-refractivity contribution in [1.29, 1.82) is 0 Å². The van der Waals surface area contributed by atoms with Crippen molar-refractivity contribution in [3.05, 3.63) is 0 Å². The molecule has 0 spiro atoms. The zero-order valence-electron chi connectivity index (χ0n) is 17.3. The lowest BCUT2D eigenvalue weighted by atomic mass is 9.84. The van der Waals surface area contributed by atoms with E-state index in [1.165, 1.54) is 71.4 Å². The fraction of sp³-hybridized carbons (Fsp3) is 1.00. The fourth-order valence-corrected chi connectivity index (χ4v) is 2.81. The first-order chi connectivity index (χ1) is 11.0. The molecule has 0 aromatic rings. The lowest BCUT2D eigenvalue weighted by Crippen LogP contribution is -2.42. The second-order valence-electron chi connectivity index (χ2n) is 7.63. The largest absolute Gasteiger partial charge is 0.306 e. The Labute approximate surface area is 147 Å². The molecule has 0 aromatic carbocycles. The SMILES string of the molecule is CC.CC1CCC(C)CC1.CN1CCC1.CN1CCN(C)CC1. The van der Waals surface area contributed by atoms with Crippen LogP contribution in [-0.4, -0.2) is 75.1 Å². The Hall–Kier alpha value is -0.120. The number of likely N-dealkylation sites (tertiary alicyclic amines) is 1. The van der Waals surface area contributed by atoms with E-state index in [-0.39, 0.29) is 0 Å². The second-order valence-corrected chi connectivity index (χ2v) is 7.63. The molecule has 3 heteroatoms. The summed E-state index contributed by atoms with van der Waals surface area (Å²) in [5.41, 5.74) is 0. The molecule has 0 aromatic heterocycles. The van der Waals surface area contributed by atoms with Gasteiger partial charge < -0.3 is 14.7 Å². The highest BCUT2D eigenvalue weighted by Gasteiger charge is 2.13. The summed E-state index contributed by atoms with van der Waals surface area (Å²) in [6, 6.07) is 0. The summed E-state index contributed by atoms with van der Waals surface area (Å²) in [5.74, 6) is 2.04. The minimum absolute atomic E-state index is 1.02. The van der Waals surface area contributed by atoms with E-state index in [0.29, 0.717) is 0 Å². The Kier molecular flexibility index (Phi) is 14.2. The number of hydrogen-bond acceptors (Lipinski definition) is 3. The Morgan fingerprint density at radius 2 is 0.739 bits per heavy atom. The molecule has 3 fully saturated rings. The Morgan fingerprint density at radius 3 is 0.913 bits per heavy atom. The molecule has 2 aliphatic heterocycles. The minimum atomic E-state index is 1.02. The van der Waals surface area contributed by atoms with E-state index in [9.17, 15) is 0 Å². The van der Waals surface area contributed by atoms with Crippen LogP contribution < -0.4 is 0 Å². The van der Waals surface area contributed by atoms with Gasteiger partial charge in [0.2, 0.25) is 0 Å².